The minimum Gasteiger partial charge on any atom is -0.409 e. The number of fused-ring (bicyclic) bond motifs is 1. The number of hydrogen-bond acceptors (Lipinski definition) is 8. The van der Waals surface area contributed by atoms with Crippen molar-refractivity contribution < 1.29 is 40.2 Å². The summed E-state index contributed by atoms with van der Waals surface area (Å²) in [5.41, 5.74) is -0.702. The lowest BCUT2D eigenvalue weighted by molar-refractivity contribution is -0.411. The van der Waals surface area contributed by atoms with E-state index in [0.717, 1.165) is 4.68 Å². The summed E-state index contributed by atoms with van der Waals surface area (Å²) in [6.07, 6.45) is -13.9. The number of pyridine rings is 1. The molecular weight excluding hydrogens is 536 g/mol. The third kappa shape index (κ3) is 5.34. The summed E-state index contributed by atoms with van der Waals surface area (Å²) >= 11 is 6.11. The highest BCUT2D eigenvalue weighted by Crippen LogP contribution is 2.34. The first-order valence-electron chi connectivity index (χ1n) is 9.81. The molecule has 192 valence electrons. The maximum Gasteiger partial charge on any atom is 0.525 e. The van der Waals surface area contributed by atoms with Crippen LogP contribution in [0.4, 0.5) is 26.3 Å². The lowest BCUT2D eigenvalue weighted by Gasteiger charge is -2.20. The minimum absolute atomic E-state index is 0.0604. The summed E-state index contributed by atoms with van der Waals surface area (Å²) in [6, 6.07) is 8.00. The van der Waals surface area contributed by atoms with Crippen molar-refractivity contribution >= 4 is 22.5 Å². The van der Waals surface area contributed by atoms with Crippen LogP contribution in [-0.4, -0.2) is 38.6 Å². The second kappa shape index (κ2) is 9.37. The monoisotopic (exact) mass is 545 g/mol. The van der Waals surface area contributed by atoms with E-state index in [0.29, 0.717) is 11.6 Å². The molecule has 16 heteroatoms. The molecule has 3 aromatic heterocycles. The Hall–Kier alpha value is -4.16. The van der Waals surface area contributed by atoms with E-state index in [-0.39, 0.29) is 33.0 Å². The van der Waals surface area contributed by atoms with Crippen LogP contribution < -0.4 is 10.4 Å². The van der Waals surface area contributed by atoms with Crippen molar-refractivity contribution in [1.82, 2.24) is 19.7 Å². The molecule has 0 amide bonds. The van der Waals surface area contributed by atoms with Gasteiger partial charge in [0.1, 0.15) is 5.69 Å². The van der Waals surface area contributed by atoms with Crippen molar-refractivity contribution in [2.24, 2.45) is 0 Å². The van der Waals surface area contributed by atoms with Crippen LogP contribution in [0.25, 0.3) is 28.3 Å². The second-order valence-corrected chi connectivity index (χ2v) is 7.65. The smallest absolute Gasteiger partial charge is 0.409 e. The van der Waals surface area contributed by atoms with E-state index >= 15 is 0 Å². The van der Waals surface area contributed by atoms with Gasteiger partial charge in [-0.25, -0.2) is 28.6 Å². The first kappa shape index (κ1) is 25.9. The molecule has 0 spiro atoms. The minimum atomic E-state index is -5.72. The average Bonchev–Trinajstić information content (AvgIpc) is 3.21. The van der Waals surface area contributed by atoms with Gasteiger partial charge in [-0.2, -0.15) is 14.0 Å². The molecule has 0 saturated carbocycles. The zero-order chi connectivity index (χ0) is 27.1. The molecule has 0 N–H and O–H groups in total. The molecule has 1 aromatic carbocycles. The molecule has 1 unspecified atom stereocenters. The predicted octanol–water partition coefficient (Wildman–Crippen LogP) is 5.07. The Morgan fingerprint density at radius 1 is 1.22 bits per heavy atom. The molecule has 4 aromatic rings. The van der Waals surface area contributed by atoms with Crippen LogP contribution >= 0.6 is 11.6 Å². The van der Waals surface area contributed by atoms with E-state index in [9.17, 15) is 31.1 Å². The second-order valence-electron chi connectivity index (χ2n) is 7.24. The fraction of sp³-hybridized carbons (Fsp3) is 0.190. The average molecular weight is 546 g/mol. The lowest BCUT2D eigenvalue weighted by atomic mass is 10.1. The number of ether oxygens (including phenoxy) is 2. The van der Waals surface area contributed by atoms with Gasteiger partial charge in [0.25, 0.3) is 0 Å². The number of aromatic nitrogens is 4. The number of rotatable bonds is 6. The topological polar surface area (TPSA) is 116 Å². The molecule has 37 heavy (non-hydrogen) atoms. The van der Waals surface area contributed by atoms with Gasteiger partial charge in [0.15, 0.2) is 5.82 Å². The normalized spacial score (nSPS) is 12.9. The maximum absolute atomic E-state index is 14.0. The van der Waals surface area contributed by atoms with E-state index in [2.05, 4.69) is 24.5 Å². The van der Waals surface area contributed by atoms with E-state index in [1.54, 1.807) is 6.92 Å². The SMILES string of the molecule is Cc1cc(C#N)cc2c(=O)oc(-c3cc(OC(F)(F)C(F)OC(F)(F)F)nn3-c3ncccc3Cl)nc12. The number of alkyl halides is 6. The molecular formula is C21H10ClF6N5O4. The van der Waals surface area contributed by atoms with Crippen molar-refractivity contribution in [2.75, 3.05) is 0 Å². The van der Waals surface area contributed by atoms with E-state index in [1.165, 1.54) is 30.5 Å². The summed E-state index contributed by atoms with van der Waals surface area (Å²) in [5.74, 6) is -1.83. The highest BCUT2D eigenvalue weighted by Gasteiger charge is 2.51. The number of nitriles is 1. The Balaban J connectivity index is 1.87. The van der Waals surface area contributed by atoms with Gasteiger partial charge in [-0.15, -0.1) is 18.3 Å². The summed E-state index contributed by atoms with van der Waals surface area (Å²) in [7, 11) is 0. The number of benzene rings is 1. The van der Waals surface area contributed by atoms with Crippen molar-refractivity contribution in [3.05, 3.63) is 63.1 Å². The van der Waals surface area contributed by atoms with Gasteiger partial charge in [0.2, 0.25) is 11.8 Å². The summed E-state index contributed by atoms with van der Waals surface area (Å²) < 4.78 is 90.9. The van der Waals surface area contributed by atoms with Gasteiger partial charge in [-0.1, -0.05) is 11.6 Å². The van der Waals surface area contributed by atoms with E-state index in [1.807, 2.05) is 6.07 Å². The number of hydrogen-bond donors (Lipinski definition) is 0. The van der Waals surface area contributed by atoms with E-state index < -0.39 is 36.2 Å². The van der Waals surface area contributed by atoms with Crippen LogP contribution in [0.5, 0.6) is 5.88 Å². The molecule has 0 fully saturated rings. The van der Waals surface area contributed by atoms with Crippen LogP contribution in [0.1, 0.15) is 11.1 Å². The van der Waals surface area contributed by atoms with Crippen LogP contribution in [0.2, 0.25) is 5.02 Å². The fourth-order valence-corrected chi connectivity index (χ4v) is 3.35. The van der Waals surface area contributed by atoms with E-state index in [4.69, 9.17) is 21.3 Å². The number of nitrogens with zero attached hydrogens (tertiary/aromatic N) is 5. The van der Waals surface area contributed by atoms with Crippen molar-refractivity contribution in [2.45, 2.75) is 25.8 Å². The zero-order valence-electron chi connectivity index (χ0n) is 18.1. The number of aryl methyl sites for hydroxylation is 1. The van der Waals surface area contributed by atoms with Gasteiger partial charge >= 0.3 is 24.5 Å². The summed E-state index contributed by atoms with van der Waals surface area (Å²) in [4.78, 5) is 20.8. The highest BCUT2D eigenvalue weighted by atomic mass is 35.5. The molecule has 0 radical (unpaired) electrons. The molecule has 0 aliphatic rings. The molecule has 3 heterocycles. The molecule has 4 rings (SSSR count). The third-order valence-corrected chi connectivity index (χ3v) is 4.93. The van der Waals surface area contributed by atoms with Gasteiger partial charge < -0.3 is 9.15 Å². The number of halogens is 7. The predicted molar refractivity (Wildman–Crippen MR) is 113 cm³/mol. The molecule has 0 saturated heterocycles. The van der Waals surface area contributed by atoms with Crippen molar-refractivity contribution in [1.29, 1.82) is 5.26 Å². The fourth-order valence-electron chi connectivity index (χ4n) is 3.15. The lowest BCUT2D eigenvalue weighted by Crippen LogP contribution is -2.41. The Morgan fingerprint density at radius 3 is 2.59 bits per heavy atom. The van der Waals surface area contributed by atoms with Gasteiger partial charge in [0.05, 0.1) is 27.6 Å². The molecule has 1 atom stereocenters. The van der Waals surface area contributed by atoms with Crippen LogP contribution in [-0.2, 0) is 4.74 Å². The zero-order valence-corrected chi connectivity index (χ0v) is 18.8. The van der Waals surface area contributed by atoms with Gasteiger partial charge in [-0.05, 0) is 36.8 Å². The maximum atomic E-state index is 14.0. The third-order valence-electron chi connectivity index (χ3n) is 4.64. The quantitative estimate of drug-likeness (QED) is 0.308. The molecule has 0 aliphatic heterocycles. The first-order valence-corrected chi connectivity index (χ1v) is 10.2. The first-order chi connectivity index (χ1) is 17.3. The van der Waals surface area contributed by atoms with Crippen LogP contribution in [0, 0.1) is 18.3 Å². The standard InChI is InChI=1S/C21H10ClF6N5O4/c1-9-5-10(8-29)6-11-15(9)31-17(35-18(11)34)13-7-14(32-33(13)16-12(22)3-2-4-30-16)36-20(24,25)19(23)37-21(26,27)28/h2-7,19H,1H3. The van der Waals surface area contributed by atoms with Crippen LogP contribution in [0.15, 0.2) is 45.7 Å². The highest BCUT2D eigenvalue weighted by molar-refractivity contribution is 6.32. The summed E-state index contributed by atoms with van der Waals surface area (Å²) in [6.45, 7) is 1.55. The van der Waals surface area contributed by atoms with Gasteiger partial charge in [-0.3, -0.25) is 0 Å². The Kier molecular flexibility index (Phi) is 6.57. The van der Waals surface area contributed by atoms with Crippen LogP contribution in [0.3, 0.4) is 0 Å². The van der Waals surface area contributed by atoms with Gasteiger partial charge in [0, 0.05) is 12.3 Å². The van der Waals surface area contributed by atoms with Crippen molar-refractivity contribution in [3.8, 4) is 29.4 Å². The Morgan fingerprint density at radius 2 is 1.95 bits per heavy atom. The Labute approximate surface area is 206 Å². The molecule has 0 aliphatic carbocycles. The molecule has 0 bridgehead atoms. The largest absolute Gasteiger partial charge is 0.525 e. The Bertz CT molecular complexity index is 1600. The summed E-state index contributed by atoms with van der Waals surface area (Å²) in [5, 5.41) is 12.6. The molecule has 9 nitrogen and oxygen atoms in total. The van der Waals surface area contributed by atoms with Crippen molar-refractivity contribution in [3.63, 3.8) is 0 Å².